The van der Waals surface area contributed by atoms with Crippen LogP contribution in [0.2, 0.25) is 0 Å². The minimum absolute atomic E-state index is 0.0115. The lowest BCUT2D eigenvalue weighted by atomic mass is 9.85. The number of benzene rings is 2. The summed E-state index contributed by atoms with van der Waals surface area (Å²) in [7, 11) is 6.11. The van der Waals surface area contributed by atoms with Gasteiger partial charge in [0.05, 0.1) is 42.9 Å². The Balaban J connectivity index is 1.31. The molecule has 2 saturated heterocycles. The fourth-order valence-electron chi connectivity index (χ4n) is 13.9. The van der Waals surface area contributed by atoms with Gasteiger partial charge in [0.15, 0.2) is 0 Å². The van der Waals surface area contributed by atoms with Gasteiger partial charge in [-0.05, 0) is 91.2 Å². The van der Waals surface area contributed by atoms with Crippen molar-refractivity contribution in [2.45, 2.75) is 246 Å². The van der Waals surface area contributed by atoms with Gasteiger partial charge in [0.1, 0.15) is 42.3 Å². The maximum absolute atomic E-state index is 14.8. The van der Waals surface area contributed by atoms with Crippen molar-refractivity contribution in [3.05, 3.63) is 71.3 Å². The first-order valence-corrected chi connectivity index (χ1v) is 36.9. The van der Waals surface area contributed by atoms with E-state index in [1.807, 2.05) is 51.1 Å². The van der Waals surface area contributed by atoms with Crippen LogP contribution in [0.25, 0.3) is 0 Å². The molecule has 2 fully saturated rings. The molecule has 10 amide bonds. The Morgan fingerprint density at radius 2 is 1.36 bits per heavy atom. The number of methoxy groups -OCH3 is 2. The Labute approximate surface area is 612 Å². The van der Waals surface area contributed by atoms with Gasteiger partial charge in [0.2, 0.25) is 41.4 Å². The first-order chi connectivity index (χ1) is 49.0. The molecular weight excluding hydrogens is 1350 g/mol. The number of hydrogen-bond donors (Lipinski definition) is 7. The number of aliphatic hydroxyl groups is 1. The summed E-state index contributed by atoms with van der Waals surface area (Å²) in [6, 6.07) is 7.30. The summed E-state index contributed by atoms with van der Waals surface area (Å²) in [5.41, 5.74) is 7.15. The van der Waals surface area contributed by atoms with Crippen molar-refractivity contribution in [1.29, 1.82) is 0 Å². The number of halogens is 3. The molecule has 0 saturated carbocycles. The summed E-state index contributed by atoms with van der Waals surface area (Å²) in [4.78, 5) is 153. The van der Waals surface area contributed by atoms with Crippen LogP contribution in [0.1, 0.15) is 189 Å². The van der Waals surface area contributed by atoms with Crippen LogP contribution in [-0.4, -0.2) is 205 Å². The number of unbranched alkanes of at least 4 members (excludes halogenated alkanes) is 2. The van der Waals surface area contributed by atoms with E-state index < -0.39 is 132 Å². The number of rotatable bonds is 45. The summed E-state index contributed by atoms with van der Waals surface area (Å²) in [6.07, 6.45) is -4.96. The summed E-state index contributed by atoms with van der Waals surface area (Å²) >= 11 is 0. The zero-order valence-corrected chi connectivity index (χ0v) is 63.8. The van der Waals surface area contributed by atoms with E-state index in [0.717, 1.165) is 10.5 Å². The number of aliphatic hydroxyl groups excluding tert-OH is 1. The Kier molecular flexibility index (Phi) is 36.9. The largest absolute Gasteiger partial charge is 0.445 e. The van der Waals surface area contributed by atoms with E-state index in [0.29, 0.717) is 49.8 Å². The van der Waals surface area contributed by atoms with E-state index in [2.05, 4.69) is 26.6 Å². The number of likely N-dealkylation sites (N-methyl/N-ethyl adjacent to an activating group) is 2. The quantitative estimate of drug-likeness (QED) is 0.0243. The van der Waals surface area contributed by atoms with E-state index in [1.165, 1.54) is 26.2 Å². The molecule has 4 rings (SSSR count). The normalized spacial score (nSPS) is 18.3. The standard InChI is InChI=1S/C76H119F3N10O15/c1-16-48(8)66(59(102-14)43-62(93)88-39-25-30-57(88)68(103-15)51(11)58(91)40-49(9)67(94)54-26-19-17-20-27-54)86(12)73(99)64(46(4)5)85-71(97)65(47(6)7)87(13)75(101)104-44-53-34-32-52(33-35-53)42-55(90)28-23-36-81-69(95)56(29-24-37-82-74(80)100)83-70(96)63(45(2)3)84-60(76(77,78)79)31-21-18-22-38-89-61(92)41-50(10)72(89)98/h17,19-20,26-27,32-35,45-51,56-57,59-60,63-68,84,94H,16,18,21-25,28-31,36-44H2,1-15H3,(H,81,95)(H,83,96)(H,85,97)(H3,80,82,100). The molecular formula is C76H119F3N10O15. The van der Waals surface area contributed by atoms with Crippen LogP contribution in [0.5, 0.6) is 0 Å². The van der Waals surface area contributed by atoms with Crippen LogP contribution in [0.15, 0.2) is 54.6 Å². The molecule has 28 heteroatoms. The molecule has 14 unspecified atom stereocenters. The SMILES string of the molecule is CCC(C)C(C(CC(=O)N1CCCC1C(OC)C(C)C(=O)CC(C)C(O)c1ccccc1)OC)N(C)C(=O)C(NC(=O)C(C(C)C)N(C)C(=O)OCc1ccc(CC(=O)CCCNC(=O)C(CCCNC(N)=O)NC(=O)C(NC(CCCCCN2C(=O)CC(C)C2=O)C(F)(F)F)C(C)C)cc1)C(C)C. The van der Waals surface area contributed by atoms with E-state index in [-0.39, 0.29) is 132 Å². The molecule has 0 spiro atoms. The second kappa shape index (κ2) is 43.2. The number of nitrogens with two attached hydrogens (primary N) is 1. The Morgan fingerprint density at radius 3 is 1.92 bits per heavy atom. The van der Waals surface area contributed by atoms with Crippen LogP contribution in [-0.2, 0) is 70.4 Å². The second-order valence-electron chi connectivity index (χ2n) is 29.4. The third-order valence-electron chi connectivity index (χ3n) is 20.3. The maximum atomic E-state index is 14.8. The fraction of sp³-hybridized carbons (Fsp3) is 0.697. The lowest BCUT2D eigenvalue weighted by Crippen LogP contribution is -2.60. The summed E-state index contributed by atoms with van der Waals surface area (Å²) in [6.45, 7) is 19.9. The molecule has 25 nitrogen and oxygen atoms in total. The molecule has 8 N–H and O–H groups in total. The topological polar surface area (TPSA) is 335 Å². The van der Waals surface area contributed by atoms with Gasteiger partial charge in [-0.25, -0.2) is 9.59 Å². The van der Waals surface area contributed by atoms with Gasteiger partial charge in [-0.2, -0.15) is 13.2 Å². The van der Waals surface area contributed by atoms with Crippen LogP contribution < -0.4 is 32.3 Å². The molecule has 14 atom stereocenters. The highest BCUT2D eigenvalue weighted by Crippen LogP contribution is 2.33. The highest BCUT2D eigenvalue weighted by molar-refractivity contribution is 6.03. The predicted octanol–water partition coefficient (Wildman–Crippen LogP) is 8.11. The van der Waals surface area contributed by atoms with Gasteiger partial charge < -0.3 is 56.1 Å². The number of alkyl halides is 3. The number of carbonyl (C=O) groups is 11. The number of Topliss-reactive ketones (excluding diaryl/α,β-unsaturated/α-hetero) is 2. The Bertz CT molecular complexity index is 3130. The smallest absolute Gasteiger partial charge is 0.410 e. The van der Waals surface area contributed by atoms with Gasteiger partial charge in [0, 0.05) is 92.0 Å². The molecule has 2 aromatic carbocycles. The van der Waals surface area contributed by atoms with Crippen molar-refractivity contribution in [1.82, 2.24) is 46.2 Å². The number of nitrogens with zero attached hydrogens (tertiary/aromatic N) is 4. The zero-order valence-electron chi connectivity index (χ0n) is 63.8. The molecule has 0 radical (unpaired) electrons. The predicted molar refractivity (Wildman–Crippen MR) is 386 cm³/mol. The van der Waals surface area contributed by atoms with Gasteiger partial charge >= 0.3 is 18.3 Å². The molecule has 2 aliphatic heterocycles. The highest BCUT2D eigenvalue weighted by atomic mass is 19.4. The van der Waals surface area contributed by atoms with E-state index in [9.17, 15) is 71.0 Å². The van der Waals surface area contributed by atoms with Crippen molar-refractivity contribution in [3.8, 4) is 0 Å². The number of carbonyl (C=O) groups excluding carboxylic acids is 11. The highest BCUT2D eigenvalue weighted by Gasteiger charge is 2.46. The second-order valence-corrected chi connectivity index (χ2v) is 29.4. The fourth-order valence-corrected chi connectivity index (χ4v) is 13.9. The van der Waals surface area contributed by atoms with Crippen molar-refractivity contribution in [2.24, 2.45) is 47.2 Å². The molecule has 2 heterocycles. The van der Waals surface area contributed by atoms with Crippen LogP contribution in [0, 0.1) is 41.4 Å². The van der Waals surface area contributed by atoms with Gasteiger partial charge in [-0.15, -0.1) is 0 Å². The molecule has 2 aromatic rings. The monoisotopic (exact) mass is 1470 g/mol. The number of imide groups is 1. The third kappa shape index (κ3) is 26.8. The lowest BCUT2D eigenvalue weighted by Gasteiger charge is -2.41. The summed E-state index contributed by atoms with van der Waals surface area (Å²) in [5.74, 6) is -6.65. The van der Waals surface area contributed by atoms with Crippen molar-refractivity contribution in [2.75, 3.05) is 54.5 Å². The van der Waals surface area contributed by atoms with Crippen molar-refractivity contribution >= 4 is 65.0 Å². The number of urea groups is 1. The average molecular weight is 1470 g/mol. The number of hydrogen-bond acceptors (Lipinski definition) is 16. The molecule has 0 aliphatic carbocycles. The molecule has 584 valence electrons. The van der Waals surface area contributed by atoms with E-state index >= 15 is 0 Å². The van der Waals surface area contributed by atoms with Crippen molar-refractivity contribution < 1.29 is 85.2 Å². The molecule has 104 heavy (non-hydrogen) atoms. The number of likely N-dealkylation sites (tertiary alicyclic amines) is 2. The van der Waals surface area contributed by atoms with Crippen LogP contribution in [0.4, 0.5) is 22.8 Å². The van der Waals surface area contributed by atoms with Crippen molar-refractivity contribution in [3.63, 3.8) is 0 Å². The minimum atomic E-state index is -4.74. The Hall–Kier alpha value is -7.56. The van der Waals surface area contributed by atoms with Crippen LogP contribution >= 0.6 is 0 Å². The molecule has 0 aromatic heterocycles. The lowest BCUT2D eigenvalue weighted by molar-refractivity contribution is -0.162. The first kappa shape index (κ1) is 88.8. The first-order valence-electron chi connectivity index (χ1n) is 36.9. The van der Waals surface area contributed by atoms with E-state index in [4.69, 9.17) is 19.9 Å². The van der Waals surface area contributed by atoms with Gasteiger partial charge in [-0.3, -0.25) is 58.3 Å². The number of ether oxygens (including phenoxy) is 3. The summed E-state index contributed by atoms with van der Waals surface area (Å²) in [5, 5.41) is 24.1. The summed E-state index contributed by atoms with van der Waals surface area (Å²) < 4.78 is 61.1. The van der Waals surface area contributed by atoms with Crippen LogP contribution in [0.3, 0.4) is 0 Å². The molecule has 0 bridgehead atoms. The maximum Gasteiger partial charge on any atom is 0.410 e. The van der Waals surface area contributed by atoms with Gasteiger partial charge in [-0.1, -0.05) is 150 Å². The number of primary amides is 1. The van der Waals surface area contributed by atoms with E-state index in [1.54, 1.807) is 96.5 Å². The third-order valence-corrected chi connectivity index (χ3v) is 20.3. The number of amides is 10. The average Bonchev–Trinajstić information content (AvgIpc) is 1.31. The number of ketones is 2. The van der Waals surface area contributed by atoms with Gasteiger partial charge in [0.25, 0.3) is 0 Å². The zero-order chi connectivity index (χ0) is 77.9. The Morgan fingerprint density at radius 1 is 0.721 bits per heavy atom. The minimum Gasteiger partial charge on any atom is -0.445 e. The number of nitrogens with one attached hydrogen (secondary N) is 5. The molecule has 2 aliphatic rings.